The van der Waals surface area contributed by atoms with Crippen molar-refractivity contribution in [2.45, 2.75) is 25.8 Å². The third-order valence-corrected chi connectivity index (χ3v) is 6.52. The summed E-state index contributed by atoms with van der Waals surface area (Å²) >= 11 is 6.25. The minimum absolute atomic E-state index is 0.0964. The van der Waals surface area contributed by atoms with E-state index >= 15 is 0 Å². The average Bonchev–Trinajstić information content (AvgIpc) is 3.08. The highest BCUT2D eigenvalue weighted by atomic mass is 35.5. The van der Waals surface area contributed by atoms with Gasteiger partial charge >= 0.3 is 0 Å². The maximum absolute atomic E-state index is 12.3. The molecule has 0 radical (unpaired) electrons. The third kappa shape index (κ3) is 3.71. The van der Waals surface area contributed by atoms with Gasteiger partial charge in [0.2, 0.25) is 6.41 Å². The monoisotopic (exact) mass is 435 g/mol. The summed E-state index contributed by atoms with van der Waals surface area (Å²) in [7, 11) is 0. The van der Waals surface area contributed by atoms with Crippen molar-refractivity contribution in [2.24, 2.45) is 0 Å². The van der Waals surface area contributed by atoms with E-state index in [-0.39, 0.29) is 6.04 Å². The van der Waals surface area contributed by atoms with E-state index in [0.717, 1.165) is 67.1 Å². The second-order valence-electron chi connectivity index (χ2n) is 8.14. The lowest BCUT2D eigenvalue weighted by Gasteiger charge is -2.30. The van der Waals surface area contributed by atoms with Crippen LogP contribution in [0.3, 0.4) is 0 Å². The van der Waals surface area contributed by atoms with Gasteiger partial charge in [-0.25, -0.2) is 0 Å². The van der Waals surface area contributed by atoms with Crippen molar-refractivity contribution in [1.29, 1.82) is 0 Å². The molecule has 3 N–H and O–H groups in total. The van der Waals surface area contributed by atoms with Gasteiger partial charge in [0.1, 0.15) is 0 Å². The Balaban J connectivity index is 1.66. The summed E-state index contributed by atoms with van der Waals surface area (Å²) in [5, 5.41) is 6.14. The molecule has 160 valence electrons. The highest BCUT2D eigenvalue weighted by molar-refractivity contribution is 6.30. The fourth-order valence-corrected chi connectivity index (χ4v) is 4.95. The van der Waals surface area contributed by atoms with Gasteiger partial charge in [0.05, 0.1) is 17.4 Å². The van der Waals surface area contributed by atoms with Crippen LogP contribution < -0.4 is 21.2 Å². The molecule has 31 heavy (non-hydrogen) atoms. The molecule has 2 aromatic rings. The van der Waals surface area contributed by atoms with Crippen LogP contribution in [0.25, 0.3) is 11.3 Å². The van der Waals surface area contributed by atoms with Gasteiger partial charge in [-0.3, -0.25) is 9.80 Å². The van der Waals surface area contributed by atoms with Crippen molar-refractivity contribution < 1.29 is 4.79 Å². The highest BCUT2D eigenvalue weighted by Gasteiger charge is 2.33. The Morgan fingerprint density at radius 1 is 1.23 bits per heavy atom. The third-order valence-electron chi connectivity index (χ3n) is 6.29. The van der Waals surface area contributed by atoms with Crippen LogP contribution in [0, 0.1) is 0 Å². The summed E-state index contributed by atoms with van der Waals surface area (Å²) in [6.45, 7) is 4.72. The molecule has 0 saturated carbocycles. The second-order valence-corrected chi connectivity index (χ2v) is 8.58. The lowest BCUT2D eigenvalue weighted by molar-refractivity contribution is -0.108. The fraction of sp³-hybridized carbons (Fsp3) is 0.292. The molecule has 0 bridgehead atoms. The number of hydrogen-bond acceptors (Lipinski definition) is 5. The molecule has 0 spiro atoms. The number of fused-ring (bicyclic) bond motifs is 3. The molecule has 0 aliphatic carbocycles. The van der Waals surface area contributed by atoms with Crippen molar-refractivity contribution >= 4 is 35.0 Å². The minimum Gasteiger partial charge on any atom is -0.313 e. The number of hydrogen-bond donors (Lipinski definition) is 3. The van der Waals surface area contributed by atoms with Crippen molar-refractivity contribution in [3.63, 3.8) is 0 Å². The topological polar surface area (TPSA) is 59.6 Å². The van der Waals surface area contributed by atoms with E-state index in [9.17, 15) is 4.79 Å². The van der Waals surface area contributed by atoms with Crippen molar-refractivity contribution in [3.8, 4) is 0 Å². The van der Waals surface area contributed by atoms with E-state index in [2.05, 4.69) is 52.5 Å². The number of anilines is 1. The Labute approximate surface area is 187 Å². The SMILES string of the molecule is CC1=C2c3ccc(C4=CCNCC4)cc3C(N(C=O)c3cccc(Cl)c3)CCN2NN1. The molecule has 1 amide bonds. The summed E-state index contributed by atoms with van der Waals surface area (Å²) < 4.78 is 0. The standard InChI is InChI=1S/C24H26ClN5O/c1-16-24-21-6-5-18(17-7-10-26-11-8-17)13-22(21)23(9-12-30(24)28-27-16)29(15-31)20-4-2-3-19(25)14-20/h2-7,13-15,23,26-28H,8-12H2,1H3. The molecule has 7 heteroatoms. The lowest BCUT2D eigenvalue weighted by Crippen LogP contribution is -2.38. The Kier molecular flexibility index (Phi) is 5.44. The zero-order valence-corrected chi connectivity index (χ0v) is 18.2. The van der Waals surface area contributed by atoms with Gasteiger partial charge in [0.15, 0.2) is 0 Å². The number of nitrogens with one attached hydrogen (secondary N) is 3. The van der Waals surface area contributed by atoms with Gasteiger partial charge in [0, 0.05) is 29.4 Å². The largest absolute Gasteiger partial charge is 0.313 e. The summed E-state index contributed by atoms with van der Waals surface area (Å²) in [4.78, 5) is 14.2. The Hall–Kier alpha value is -2.80. The number of rotatable bonds is 4. The van der Waals surface area contributed by atoms with E-state index in [1.807, 2.05) is 29.2 Å². The smallest absolute Gasteiger partial charge is 0.214 e. The van der Waals surface area contributed by atoms with E-state index in [1.54, 1.807) is 0 Å². The molecule has 3 heterocycles. The molecular formula is C24H26ClN5O. The number of benzene rings is 2. The highest BCUT2D eigenvalue weighted by Crippen LogP contribution is 2.41. The number of allylic oxidation sites excluding steroid dienone is 1. The van der Waals surface area contributed by atoms with E-state index in [4.69, 9.17) is 11.6 Å². The summed E-state index contributed by atoms with van der Waals surface area (Å²) in [5.74, 6) is 0. The van der Waals surface area contributed by atoms with E-state index < -0.39 is 0 Å². The number of carbonyl (C=O) groups excluding carboxylic acids is 1. The van der Waals surface area contributed by atoms with Crippen molar-refractivity contribution in [1.82, 2.24) is 21.3 Å². The maximum Gasteiger partial charge on any atom is 0.214 e. The molecule has 0 saturated heterocycles. The molecular weight excluding hydrogens is 410 g/mol. The molecule has 3 aliphatic heterocycles. The lowest BCUT2D eigenvalue weighted by atomic mass is 9.90. The van der Waals surface area contributed by atoms with Crippen molar-refractivity contribution in [2.75, 3.05) is 24.5 Å². The van der Waals surface area contributed by atoms with Crippen LogP contribution in [0.4, 0.5) is 5.69 Å². The number of hydrazine groups is 2. The van der Waals surface area contributed by atoms with Gasteiger partial charge in [-0.15, -0.1) is 5.53 Å². The number of nitrogens with zero attached hydrogens (tertiary/aromatic N) is 2. The Morgan fingerprint density at radius 3 is 2.90 bits per heavy atom. The molecule has 1 unspecified atom stereocenters. The first-order chi connectivity index (χ1) is 15.2. The first kappa shape index (κ1) is 20.1. The molecule has 2 aromatic carbocycles. The maximum atomic E-state index is 12.3. The van der Waals surface area contributed by atoms with Gasteiger partial charge in [-0.2, -0.15) is 0 Å². The van der Waals surface area contributed by atoms with Crippen LogP contribution in [-0.2, 0) is 4.79 Å². The molecule has 0 fully saturated rings. The van der Waals surface area contributed by atoms with Gasteiger partial charge in [-0.05, 0) is 67.3 Å². The van der Waals surface area contributed by atoms with E-state index in [1.165, 1.54) is 11.1 Å². The summed E-state index contributed by atoms with van der Waals surface area (Å²) in [6.07, 6.45) is 4.99. The average molecular weight is 436 g/mol. The van der Waals surface area contributed by atoms with Crippen LogP contribution in [-0.4, -0.2) is 31.1 Å². The Morgan fingerprint density at radius 2 is 2.13 bits per heavy atom. The first-order valence-electron chi connectivity index (χ1n) is 10.7. The quantitative estimate of drug-likeness (QED) is 0.637. The molecule has 6 nitrogen and oxygen atoms in total. The zero-order valence-electron chi connectivity index (χ0n) is 17.5. The van der Waals surface area contributed by atoms with E-state index in [0.29, 0.717) is 5.02 Å². The first-order valence-corrected chi connectivity index (χ1v) is 11.1. The molecule has 0 aromatic heterocycles. The van der Waals surface area contributed by atoms with Gasteiger partial charge in [-0.1, -0.05) is 35.9 Å². The molecule has 1 atom stereocenters. The minimum atomic E-state index is -0.0964. The van der Waals surface area contributed by atoms with Gasteiger partial charge in [0.25, 0.3) is 0 Å². The number of amides is 1. The van der Waals surface area contributed by atoms with Crippen LogP contribution in [0.2, 0.25) is 5.02 Å². The summed E-state index contributed by atoms with van der Waals surface area (Å²) in [6, 6.07) is 14.1. The van der Waals surface area contributed by atoms with Crippen LogP contribution >= 0.6 is 11.6 Å². The van der Waals surface area contributed by atoms with Crippen LogP contribution in [0.5, 0.6) is 0 Å². The second kappa shape index (κ2) is 8.38. The number of carbonyl (C=O) groups is 1. The normalized spacial score (nSPS) is 20.4. The molecule has 3 aliphatic rings. The zero-order chi connectivity index (χ0) is 21.4. The Bertz CT molecular complexity index is 1080. The predicted molar refractivity (Wildman–Crippen MR) is 125 cm³/mol. The van der Waals surface area contributed by atoms with Gasteiger partial charge < -0.3 is 15.6 Å². The summed E-state index contributed by atoms with van der Waals surface area (Å²) in [5.41, 5.74) is 14.4. The van der Waals surface area contributed by atoms with Crippen LogP contribution in [0.1, 0.15) is 42.5 Å². The fourth-order valence-electron chi connectivity index (χ4n) is 4.77. The number of halogens is 1. The van der Waals surface area contributed by atoms with Crippen molar-refractivity contribution in [3.05, 3.63) is 76.0 Å². The van der Waals surface area contributed by atoms with Crippen LogP contribution in [0.15, 0.2) is 54.2 Å². The predicted octanol–water partition coefficient (Wildman–Crippen LogP) is 3.84. The molecule has 5 rings (SSSR count).